The molecular formula is C23H24F3N7O2S2. The van der Waals surface area contributed by atoms with Gasteiger partial charge in [-0.1, -0.05) is 11.3 Å². The first-order chi connectivity index (χ1) is 17.6. The summed E-state index contributed by atoms with van der Waals surface area (Å²) in [7, 11) is -4.20. The number of nitrogens with zero attached hydrogens (tertiary/aromatic N) is 5. The number of rotatable bonds is 6. The van der Waals surface area contributed by atoms with Crippen LogP contribution in [-0.2, 0) is 10.0 Å². The third-order valence-electron chi connectivity index (χ3n) is 7.12. The molecule has 2 N–H and O–H groups in total. The first kappa shape index (κ1) is 24.6. The van der Waals surface area contributed by atoms with Crippen molar-refractivity contribution in [1.29, 1.82) is 0 Å². The predicted octanol–water partition coefficient (Wildman–Crippen LogP) is 4.19. The topological polar surface area (TPSA) is 115 Å². The maximum absolute atomic E-state index is 15.5. The Labute approximate surface area is 214 Å². The van der Waals surface area contributed by atoms with Gasteiger partial charge >= 0.3 is 0 Å². The molecule has 2 aliphatic rings. The highest BCUT2D eigenvalue weighted by atomic mass is 32.2. The van der Waals surface area contributed by atoms with E-state index in [1.54, 1.807) is 6.92 Å². The highest BCUT2D eigenvalue weighted by molar-refractivity contribution is 7.89. The Bertz CT molecular complexity index is 1630. The van der Waals surface area contributed by atoms with E-state index in [4.69, 9.17) is 0 Å². The molecular weight excluding hydrogens is 527 g/mol. The molecule has 6 rings (SSSR count). The Balaban J connectivity index is 1.63. The Kier molecular flexibility index (Phi) is 5.78. The van der Waals surface area contributed by atoms with Gasteiger partial charge in [0.1, 0.15) is 17.0 Å². The van der Waals surface area contributed by atoms with Gasteiger partial charge < -0.3 is 5.32 Å². The lowest BCUT2D eigenvalue weighted by molar-refractivity contribution is 0.150. The van der Waals surface area contributed by atoms with Crippen LogP contribution in [0.2, 0.25) is 0 Å². The Morgan fingerprint density at radius 3 is 2.70 bits per heavy atom. The van der Waals surface area contributed by atoms with E-state index in [0.29, 0.717) is 46.3 Å². The van der Waals surface area contributed by atoms with Crippen molar-refractivity contribution in [3.8, 4) is 5.13 Å². The molecule has 1 aromatic carbocycles. The number of alkyl halides is 2. The van der Waals surface area contributed by atoms with Crippen LogP contribution in [0.5, 0.6) is 0 Å². The minimum absolute atomic E-state index is 0.0507. The molecule has 1 aliphatic carbocycles. The zero-order valence-corrected chi connectivity index (χ0v) is 21.6. The third kappa shape index (κ3) is 4.29. The number of aromatic nitrogens is 5. The zero-order chi connectivity index (χ0) is 26.1. The van der Waals surface area contributed by atoms with Gasteiger partial charge in [-0.25, -0.2) is 36.3 Å². The van der Waals surface area contributed by atoms with Crippen LogP contribution in [-0.4, -0.2) is 51.3 Å². The molecule has 1 aliphatic heterocycles. The van der Waals surface area contributed by atoms with Gasteiger partial charge in [-0.2, -0.15) is 0 Å². The van der Waals surface area contributed by atoms with E-state index in [9.17, 15) is 17.2 Å². The number of fused-ring (bicyclic) bond motifs is 3. The summed E-state index contributed by atoms with van der Waals surface area (Å²) < 4.78 is 72.5. The summed E-state index contributed by atoms with van der Waals surface area (Å²) >= 11 is 0.669. The van der Waals surface area contributed by atoms with E-state index in [2.05, 4.69) is 37.1 Å². The lowest BCUT2D eigenvalue weighted by atomic mass is 9.88. The molecule has 3 aromatic heterocycles. The lowest BCUT2D eigenvalue weighted by Crippen LogP contribution is -2.35. The van der Waals surface area contributed by atoms with Gasteiger partial charge in [-0.05, 0) is 58.2 Å². The molecule has 14 heteroatoms. The minimum Gasteiger partial charge on any atom is -0.314 e. The molecule has 0 amide bonds. The standard InChI is InChI=1S/C23H24F3N7O2S2/c1-11-7-12(3-6-27-11)18-17-13-8-14(24)16(37(34,35)32-23(2)4-5-23)9-15(13)33(20(17)29-10-28-18)22-31-30-21(36-22)19(25)26/h8-12,19,27,32H,3-7H2,1-2H3. The number of benzene rings is 1. The monoisotopic (exact) mass is 551 g/mol. The maximum atomic E-state index is 15.5. The van der Waals surface area contributed by atoms with Crippen molar-refractivity contribution in [2.45, 2.75) is 68.4 Å². The van der Waals surface area contributed by atoms with Crippen molar-refractivity contribution < 1.29 is 21.6 Å². The molecule has 2 fully saturated rings. The summed E-state index contributed by atoms with van der Waals surface area (Å²) in [6.45, 7) is 4.61. The van der Waals surface area contributed by atoms with Gasteiger partial charge in [0.05, 0.1) is 11.2 Å². The Hall–Kier alpha value is -2.68. The summed E-state index contributed by atoms with van der Waals surface area (Å²) in [5.74, 6) is -0.864. The van der Waals surface area contributed by atoms with Crippen LogP contribution >= 0.6 is 11.3 Å². The van der Waals surface area contributed by atoms with E-state index < -0.39 is 37.7 Å². The second-order valence-corrected chi connectivity index (χ2v) is 12.7. The van der Waals surface area contributed by atoms with E-state index >= 15 is 4.39 Å². The molecule has 4 heterocycles. The van der Waals surface area contributed by atoms with Crippen molar-refractivity contribution in [3.05, 3.63) is 35.0 Å². The highest BCUT2D eigenvalue weighted by Crippen LogP contribution is 2.41. The van der Waals surface area contributed by atoms with E-state index in [-0.39, 0.29) is 22.6 Å². The molecule has 4 aromatic rings. The Morgan fingerprint density at radius 2 is 2.03 bits per heavy atom. The minimum atomic E-state index is -4.20. The maximum Gasteiger partial charge on any atom is 0.291 e. The summed E-state index contributed by atoms with van der Waals surface area (Å²) in [6, 6.07) is 2.64. The van der Waals surface area contributed by atoms with Crippen LogP contribution in [0.1, 0.15) is 62.6 Å². The van der Waals surface area contributed by atoms with Crippen LogP contribution in [0, 0.1) is 5.82 Å². The van der Waals surface area contributed by atoms with E-state index in [0.717, 1.165) is 19.4 Å². The average molecular weight is 552 g/mol. The number of halogens is 3. The molecule has 1 saturated heterocycles. The van der Waals surface area contributed by atoms with Crippen molar-refractivity contribution >= 4 is 43.3 Å². The highest BCUT2D eigenvalue weighted by Gasteiger charge is 2.42. The van der Waals surface area contributed by atoms with Crippen LogP contribution < -0.4 is 10.0 Å². The predicted molar refractivity (Wildman–Crippen MR) is 132 cm³/mol. The summed E-state index contributed by atoms with van der Waals surface area (Å²) in [4.78, 5) is 8.44. The second-order valence-electron chi connectivity index (χ2n) is 10.1. The van der Waals surface area contributed by atoms with Crippen molar-refractivity contribution in [1.82, 2.24) is 34.8 Å². The lowest BCUT2D eigenvalue weighted by Gasteiger charge is -2.27. The molecule has 196 valence electrons. The van der Waals surface area contributed by atoms with Crippen LogP contribution in [0.4, 0.5) is 13.2 Å². The fourth-order valence-corrected chi connectivity index (χ4v) is 7.28. The van der Waals surface area contributed by atoms with Gasteiger partial charge in [-0.3, -0.25) is 4.57 Å². The molecule has 0 bridgehead atoms. The van der Waals surface area contributed by atoms with Crippen LogP contribution in [0.15, 0.2) is 23.4 Å². The van der Waals surface area contributed by atoms with Gasteiger partial charge in [0, 0.05) is 28.3 Å². The fraction of sp³-hybridized carbons (Fsp3) is 0.478. The van der Waals surface area contributed by atoms with Gasteiger partial charge in [-0.15, -0.1) is 10.2 Å². The SMILES string of the molecule is CC1CC(c2ncnc3c2c2cc(F)c(S(=O)(=O)NC4(C)CC4)cc2n3-c2nnc(C(F)F)s2)CCN1. The number of hydrogen-bond donors (Lipinski definition) is 2. The van der Waals surface area contributed by atoms with E-state index in [1.165, 1.54) is 23.0 Å². The summed E-state index contributed by atoms with van der Waals surface area (Å²) in [6.07, 6.45) is 1.48. The molecule has 2 unspecified atom stereocenters. The number of piperidine rings is 1. The zero-order valence-electron chi connectivity index (χ0n) is 20.0. The van der Waals surface area contributed by atoms with Crippen LogP contribution in [0.25, 0.3) is 27.1 Å². The average Bonchev–Trinajstić information content (AvgIpc) is 3.24. The number of hydrogen-bond acceptors (Lipinski definition) is 8. The first-order valence-electron chi connectivity index (χ1n) is 11.9. The number of nitrogens with one attached hydrogen (secondary N) is 2. The van der Waals surface area contributed by atoms with Gasteiger partial charge in [0.2, 0.25) is 15.2 Å². The smallest absolute Gasteiger partial charge is 0.291 e. The quantitative estimate of drug-likeness (QED) is 0.369. The molecule has 2 atom stereocenters. The normalized spacial score (nSPS) is 21.8. The molecule has 1 saturated carbocycles. The van der Waals surface area contributed by atoms with Gasteiger partial charge in [0.15, 0.2) is 10.7 Å². The van der Waals surface area contributed by atoms with Gasteiger partial charge in [0.25, 0.3) is 6.43 Å². The summed E-state index contributed by atoms with van der Waals surface area (Å²) in [5, 5.41) is 11.5. The summed E-state index contributed by atoms with van der Waals surface area (Å²) in [5.41, 5.74) is 0.708. The molecule has 0 radical (unpaired) electrons. The van der Waals surface area contributed by atoms with Crippen molar-refractivity contribution in [3.63, 3.8) is 0 Å². The molecule has 9 nitrogen and oxygen atoms in total. The molecule has 0 spiro atoms. The van der Waals surface area contributed by atoms with Crippen LogP contribution in [0.3, 0.4) is 0 Å². The second kappa shape index (κ2) is 8.68. The first-order valence-corrected chi connectivity index (χ1v) is 14.2. The largest absolute Gasteiger partial charge is 0.314 e. The van der Waals surface area contributed by atoms with E-state index in [1.807, 2.05) is 0 Å². The van der Waals surface area contributed by atoms with Crippen molar-refractivity contribution in [2.75, 3.05) is 6.54 Å². The Morgan fingerprint density at radius 1 is 1.24 bits per heavy atom. The third-order valence-corrected chi connectivity index (χ3v) is 9.69. The van der Waals surface area contributed by atoms with Crippen molar-refractivity contribution in [2.24, 2.45) is 0 Å². The number of sulfonamides is 1. The fourth-order valence-electron chi connectivity index (χ4n) is 5.02. The molecule has 37 heavy (non-hydrogen) atoms.